The van der Waals surface area contributed by atoms with Crippen LogP contribution in [0.3, 0.4) is 0 Å². The molecule has 1 aromatic heterocycles. The highest BCUT2D eigenvalue weighted by molar-refractivity contribution is 5.82. The molecule has 0 saturated carbocycles. The van der Waals surface area contributed by atoms with Crippen LogP contribution in [-0.2, 0) is 11.8 Å². The lowest BCUT2D eigenvalue weighted by Gasteiger charge is -2.36. The number of nitrogens with zero attached hydrogens (tertiary/aromatic N) is 4. The molecule has 6 heteroatoms. The number of aryl methyl sites for hydroxylation is 1. The van der Waals surface area contributed by atoms with Crippen LogP contribution in [0.2, 0.25) is 0 Å². The molecule has 1 aliphatic rings. The third kappa shape index (κ3) is 3.00. The standard InChI is InChI=1S/C14H25N5O/c1-14(2,3)11(15)13(20)19-7-5-6-10(8-19)12-17-16-9-18(12)4/h9-11H,5-8,15H2,1-4H3/t10?,11-/m1/s1. The molecular formula is C14H25N5O. The summed E-state index contributed by atoms with van der Waals surface area (Å²) >= 11 is 0. The fourth-order valence-electron chi connectivity index (χ4n) is 2.62. The Morgan fingerprint density at radius 3 is 2.75 bits per heavy atom. The number of aromatic nitrogens is 3. The number of nitrogens with two attached hydrogens (primary N) is 1. The smallest absolute Gasteiger partial charge is 0.240 e. The Balaban J connectivity index is 2.08. The fourth-order valence-corrected chi connectivity index (χ4v) is 2.62. The van der Waals surface area contributed by atoms with Gasteiger partial charge in [0.15, 0.2) is 0 Å². The summed E-state index contributed by atoms with van der Waals surface area (Å²) in [7, 11) is 1.94. The molecule has 1 amide bonds. The number of amides is 1. The van der Waals surface area contributed by atoms with E-state index in [4.69, 9.17) is 5.73 Å². The summed E-state index contributed by atoms with van der Waals surface area (Å²) in [4.78, 5) is 14.4. The molecular weight excluding hydrogens is 254 g/mol. The Morgan fingerprint density at radius 1 is 1.50 bits per heavy atom. The summed E-state index contributed by atoms with van der Waals surface area (Å²) in [5, 5.41) is 8.10. The number of hydrogen-bond acceptors (Lipinski definition) is 4. The highest BCUT2D eigenvalue weighted by Crippen LogP contribution is 2.27. The summed E-state index contributed by atoms with van der Waals surface area (Å²) in [6, 6.07) is -0.458. The first-order chi connectivity index (χ1) is 9.30. The van der Waals surface area contributed by atoms with Crippen molar-refractivity contribution in [2.45, 2.75) is 45.6 Å². The van der Waals surface area contributed by atoms with Gasteiger partial charge in [-0.1, -0.05) is 20.8 Å². The SMILES string of the molecule is Cn1cnnc1C1CCCN(C(=O)[C@@H](N)C(C)(C)C)C1. The van der Waals surface area contributed by atoms with E-state index < -0.39 is 6.04 Å². The van der Waals surface area contributed by atoms with Gasteiger partial charge < -0.3 is 15.2 Å². The van der Waals surface area contributed by atoms with Gasteiger partial charge in [-0.25, -0.2) is 0 Å². The van der Waals surface area contributed by atoms with Crippen molar-refractivity contribution >= 4 is 5.91 Å². The topological polar surface area (TPSA) is 77.0 Å². The molecule has 20 heavy (non-hydrogen) atoms. The number of likely N-dealkylation sites (tertiary alicyclic amines) is 1. The number of hydrogen-bond donors (Lipinski definition) is 1. The lowest BCUT2D eigenvalue weighted by molar-refractivity contribution is -0.136. The Bertz CT molecular complexity index is 476. The maximum Gasteiger partial charge on any atom is 0.240 e. The van der Waals surface area contributed by atoms with Gasteiger partial charge in [-0.15, -0.1) is 10.2 Å². The van der Waals surface area contributed by atoms with E-state index in [1.54, 1.807) is 6.33 Å². The molecule has 2 N–H and O–H groups in total. The molecule has 0 spiro atoms. The molecule has 0 radical (unpaired) electrons. The van der Waals surface area contributed by atoms with Gasteiger partial charge in [-0.3, -0.25) is 4.79 Å². The Morgan fingerprint density at radius 2 is 2.20 bits per heavy atom. The average molecular weight is 279 g/mol. The van der Waals surface area contributed by atoms with Gasteiger partial charge in [0.1, 0.15) is 12.2 Å². The molecule has 1 unspecified atom stereocenters. The quantitative estimate of drug-likeness (QED) is 0.872. The first kappa shape index (κ1) is 15.0. The lowest BCUT2D eigenvalue weighted by atomic mass is 9.85. The van der Waals surface area contributed by atoms with Crippen LogP contribution >= 0.6 is 0 Å². The summed E-state index contributed by atoms with van der Waals surface area (Å²) in [5.74, 6) is 1.25. The molecule has 0 aliphatic carbocycles. The third-order valence-corrected chi connectivity index (χ3v) is 4.04. The molecule has 2 heterocycles. The van der Waals surface area contributed by atoms with Crippen LogP contribution in [-0.4, -0.2) is 44.7 Å². The monoisotopic (exact) mass is 279 g/mol. The van der Waals surface area contributed by atoms with Gasteiger partial charge in [-0.2, -0.15) is 0 Å². The Hall–Kier alpha value is -1.43. The van der Waals surface area contributed by atoms with Crippen molar-refractivity contribution in [1.29, 1.82) is 0 Å². The number of carbonyl (C=O) groups excluding carboxylic acids is 1. The molecule has 2 atom stereocenters. The largest absolute Gasteiger partial charge is 0.341 e. The van der Waals surface area contributed by atoms with Crippen molar-refractivity contribution in [3.8, 4) is 0 Å². The minimum absolute atomic E-state index is 0.0457. The van der Waals surface area contributed by atoms with Gasteiger partial charge in [-0.05, 0) is 18.3 Å². The highest BCUT2D eigenvalue weighted by Gasteiger charge is 2.34. The minimum atomic E-state index is -0.458. The van der Waals surface area contributed by atoms with E-state index in [1.807, 2.05) is 37.3 Å². The lowest BCUT2D eigenvalue weighted by Crippen LogP contribution is -2.52. The first-order valence-electron chi connectivity index (χ1n) is 7.19. The number of rotatable bonds is 2. The van der Waals surface area contributed by atoms with Gasteiger partial charge >= 0.3 is 0 Å². The predicted molar refractivity (Wildman–Crippen MR) is 77.0 cm³/mol. The number of piperidine rings is 1. The van der Waals surface area contributed by atoms with E-state index in [0.717, 1.165) is 25.2 Å². The van der Waals surface area contributed by atoms with Crippen LogP contribution < -0.4 is 5.73 Å². The predicted octanol–water partition coefficient (Wildman–Crippen LogP) is 0.894. The van der Waals surface area contributed by atoms with Crippen molar-refractivity contribution in [3.63, 3.8) is 0 Å². The average Bonchev–Trinajstić information content (AvgIpc) is 2.82. The first-order valence-corrected chi connectivity index (χ1v) is 7.19. The van der Waals surface area contributed by atoms with Gasteiger partial charge in [0.25, 0.3) is 0 Å². The summed E-state index contributed by atoms with van der Waals surface area (Å²) < 4.78 is 1.93. The van der Waals surface area contributed by atoms with Crippen LogP contribution in [0.25, 0.3) is 0 Å². The molecule has 1 aliphatic heterocycles. The molecule has 0 aromatic carbocycles. The highest BCUT2D eigenvalue weighted by atomic mass is 16.2. The van der Waals surface area contributed by atoms with Crippen LogP contribution in [0.4, 0.5) is 0 Å². The Kier molecular flexibility index (Phi) is 4.13. The van der Waals surface area contributed by atoms with Crippen molar-refractivity contribution in [1.82, 2.24) is 19.7 Å². The maximum atomic E-state index is 12.5. The molecule has 6 nitrogen and oxygen atoms in total. The molecule has 1 fully saturated rings. The van der Waals surface area contributed by atoms with Crippen LogP contribution in [0.1, 0.15) is 45.4 Å². The number of carbonyl (C=O) groups is 1. The zero-order valence-electron chi connectivity index (χ0n) is 12.8. The van der Waals surface area contributed by atoms with Crippen molar-refractivity contribution in [2.24, 2.45) is 18.2 Å². The van der Waals surface area contributed by atoms with Crippen LogP contribution in [0.15, 0.2) is 6.33 Å². The zero-order chi connectivity index (χ0) is 14.9. The van der Waals surface area contributed by atoms with E-state index in [2.05, 4.69) is 10.2 Å². The van der Waals surface area contributed by atoms with E-state index >= 15 is 0 Å². The normalized spacial score (nSPS) is 21.9. The van der Waals surface area contributed by atoms with Crippen molar-refractivity contribution in [3.05, 3.63) is 12.2 Å². The zero-order valence-corrected chi connectivity index (χ0v) is 12.8. The molecule has 1 aromatic rings. The molecule has 0 bridgehead atoms. The fraction of sp³-hybridized carbons (Fsp3) is 0.786. The van der Waals surface area contributed by atoms with Crippen LogP contribution in [0.5, 0.6) is 0 Å². The second kappa shape index (κ2) is 5.52. The summed E-state index contributed by atoms with van der Waals surface area (Å²) in [5.41, 5.74) is 5.88. The van der Waals surface area contributed by atoms with E-state index in [-0.39, 0.29) is 17.2 Å². The molecule has 112 valence electrons. The molecule has 2 rings (SSSR count). The van der Waals surface area contributed by atoms with Gasteiger partial charge in [0.2, 0.25) is 5.91 Å². The van der Waals surface area contributed by atoms with Crippen LogP contribution in [0, 0.1) is 5.41 Å². The summed E-state index contributed by atoms with van der Waals surface area (Å²) in [6.45, 7) is 7.48. The van der Waals surface area contributed by atoms with E-state index in [9.17, 15) is 4.79 Å². The third-order valence-electron chi connectivity index (χ3n) is 4.04. The minimum Gasteiger partial charge on any atom is -0.341 e. The van der Waals surface area contributed by atoms with Gasteiger partial charge in [0, 0.05) is 26.1 Å². The van der Waals surface area contributed by atoms with Gasteiger partial charge in [0.05, 0.1) is 6.04 Å². The second-order valence-electron chi connectivity index (χ2n) is 6.77. The van der Waals surface area contributed by atoms with E-state index in [0.29, 0.717) is 6.54 Å². The Labute approximate surface area is 120 Å². The maximum absolute atomic E-state index is 12.5. The molecule has 1 saturated heterocycles. The van der Waals surface area contributed by atoms with E-state index in [1.165, 1.54) is 0 Å². The van der Waals surface area contributed by atoms with Crippen molar-refractivity contribution < 1.29 is 4.79 Å². The summed E-state index contributed by atoms with van der Waals surface area (Å²) in [6.07, 6.45) is 3.73. The van der Waals surface area contributed by atoms with Crippen molar-refractivity contribution in [2.75, 3.05) is 13.1 Å². The second-order valence-corrected chi connectivity index (χ2v) is 6.77.